The summed E-state index contributed by atoms with van der Waals surface area (Å²) in [6.07, 6.45) is 0.123. The van der Waals surface area contributed by atoms with E-state index in [1.807, 2.05) is 0 Å². The number of oxazole rings is 1. The Morgan fingerprint density at radius 1 is 1.42 bits per heavy atom. The van der Waals surface area contributed by atoms with Gasteiger partial charge in [-0.25, -0.2) is 13.6 Å². The molecule has 1 amide bonds. The maximum Gasteiger partial charge on any atom is 0.419 e. The van der Waals surface area contributed by atoms with Crippen LogP contribution in [0, 0.1) is 10.1 Å². The number of halogens is 3. The Labute approximate surface area is 151 Å². The summed E-state index contributed by atoms with van der Waals surface area (Å²) in [5, 5.41) is 12.8. The number of nitrogens with two attached hydrogens (primary N) is 1. The molecule has 0 saturated heterocycles. The predicted molar refractivity (Wildman–Crippen MR) is 90.6 cm³/mol. The summed E-state index contributed by atoms with van der Waals surface area (Å²) in [4.78, 5) is 33.4. The fraction of sp³-hybridized carbons (Fsp3) is 0.429. The van der Waals surface area contributed by atoms with E-state index >= 15 is 0 Å². The monoisotopic (exact) mass is 394 g/mol. The summed E-state index contributed by atoms with van der Waals surface area (Å²) in [6.45, 7) is -1.61. The molecule has 0 bridgehead atoms. The number of nitro groups is 1. The van der Waals surface area contributed by atoms with Crippen LogP contribution in [0.4, 0.5) is 14.5 Å². The van der Waals surface area contributed by atoms with Crippen LogP contribution < -0.4 is 16.8 Å². The first-order valence-corrected chi connectivity index (χ1v) is 7.36. The molecule has 1 heterocycles. The Kier molecular flexibility index (Phi) is 7.21. The summed E-state index contributed by atoms with van der Waals surface area (Å²) in [7, 11) is 0. The number of fused-ring (bicyclic) bond motifs is 1. The molecule has 0 saturated carbocycles. The maximum atomic E-state index is 12.9. The minimum Gasteiger partial charge on any atom is -0.407 e. The number of carbonyl (C=O) groups excluding carboxylic acids is 1. The van der Waals surface area contributed by atoms with Crippen molar-refractivity contribution in [1.29, 1.82) is 0 Å². The number of hydrogen-bond donors (Lipinski definition) is 2. The lowest BCUT2D eigenvalue weighted by atomic mass is 10.2. The van der Waals surface area contributed by atoms with Crippen LogP contribution in [-0.4, -0.2) is 34.4 Å². The zero-order chi connectivity index (χ0) is 18.6. The van der Waals surface area contributed by atoms with Crippen molar-refractivity contribution in [3.05, 3.63) is 38.9 Å². The Bertz CT molecular complexity index is 851. The third kappa shape index (κ3) is 5.23. The van der Waals surface area contributed by atoms with Crippen LogP contribution >= 0.6 is 12.4 Å². The number of nitrogens with zero attached hydrogens (tertiary/aromatic N) is 2. The molecule has 2 aromatic rings. The van der Waals surface area contributed by atoms with E-state index in [4.69, 9.17) is 10.2 Å². The smallest absolute Gasteiger partial charge is 0.407 e. The number of amides is 1. The molecule has 26 heavy (non-hydrogen) atoms. The number of aryl methyl sites for hydroxylation is 1. The van der Waals surface area contributed by atoms with Crippen molar-refractivity contribution in [3.8, 4) is 0 Å². The molecule has 0 spiro atoms. The molecule has 0 aliphatic heterocycles. The topological polar surface area (TPSA) is 133 Å². The van der Waals surface area contributed by atoms with Crippen molar-refractivity contribution >= 4 is 35.1 Å². The van der Waals surface area contributed by atoms with Gasteiger partial charge in [0.05, 0.1) is 29.6 Å². The molecule has 144 valence electrons. The highest BCUT2D eigenvalue weighted by Gasteiger charge is 2.27. The van der Waals surface area contributed by atoms with E-state index in [0.29, 0.717) is 5.52 Å². The van der Waals surface area contributed by atoms with Crippen LogP contribution in [0.15, 0.2) is 27.4 Å². The second kappa shape index (κ2) is 8.72. The van der Waals surface area contributed by atoms with Crippen molar-refractivity contribution in [1.82, 2.24) is 9.88 Å². The molecular formula is C14H17ClF2N4O5. The summed E-state index contributed by atoms with van der Waals surface area (Å²) >= 11 is 0. The number of carbonyl (C=O) groups is 1. The van der Waals surface area contributed by atoms with E-state index in [2.05, 4.69) is 5.32 Å². The third-order valence-corrected chi connectivity index (χ3v) is 3.49. The molecule has 3 N–H and O–H groups in total. The van der Waals surface area contributed by atoms with Gasteiger partial charge in [0.1, 0.15) is 0 Å². The highest BCUT2D eigenvalue weighted by Crippen LogP contribution is 2.20. The zero-order valence-corrected chi connectivity index (χ0v) is 14.3. The molecule has 0 aliphatic carbocycles. The molecule has 2 rings (SSSR count). The molecular weight excluding hydrogens is 378 g/mol. The fourth-order valence-corrected chi connectivity index (χ4v) is 2.17. The van der Waals surface area contributed by atoms with E-state index in [9.17, 15) is 28.5 Å². The lowest BCUT2D eigenvalue weighted by Gasteiger charge is -2.14. The van der Waals surface area contributed by atoms with Gasteiger partial charge in [-0.3, -0.25) is 19.5 Å². The lowest BCUT2D eigenvalue weighted by Crippen LogP contribution is -2.41. The highest BCUT2D eigenvalue weighted by atomic mass is 35.5. The molecule has 0 fully saturated rings. The first kappa shape index (κ1) is 21.5. The Morgan fingerprint density at radius 3 is 2.73 bits per heavy atom. The maximum absolute atomic E-state index is 12.9. The van der Waals surface area contributed by atoms with Crippen LogP contribution in [-0.2, 0) is 11.3 Å². The van der Waals surface area contributed by atoms with Gasteiger partial charge in [0, 0.05) is 19.0 Å². The molecule has 1 aromatic heterocycles. The molecule has 9 nitrogen and oxygen atoms in total. The van der Waals surface area contributed by atoms with Crippen LogP contribution in [0.2, 0.25) is 0 Å². The van der Waals surface area contributed by atoms with Crippen LogP contribution in [0.1, 0.15) is 12.8 Å². The summed E-state index contributed by atoms with van der Waals surface area (Å²) in [5.74, 6) is -4.47. The quantitative estimate of drug-likeness (QED) is 0.513. The molecule has 1 aromatic carbocycles. The third-order valence-electron chi connectivity index (χ3n) is 3.49. The predicted octanol–water partition coefficient (Wildman–Crippen LogP) is 1.41. The van der Waals surface area contributed by atoms with Crippen LogP contribution in [0.5, 0.6) is 0 Å². The van der Waals surface area contributed by atoms with Crippen LogP contribution in [0.3, 0.4) is 0 Å². The van der Waals surface area contributed by atoms with Gasteiger partial charge in [0.15, 0.2) is 5.58 Å². The second-order valence-electron chi connectivity index (χ2n) is 5.37. The van der Waals surface area contributed by atoms with Crippen molar-refractivity contribution in [2.75, 3.05) is 13.1 Å². The largest absolute Gasteiger partial charge is 0.419 e. The number of hydrogen-bond acceptors (Lipinski definition) is 6. The molecule has 0 aliphatic rings. The second-order valence-corrected chi connectivity index (χ2v) is 5.37. The van der Waals surface area contributed by atoms with Gasteiger partial charge >= 0.3 is 5.76 Å². The Morgan fingerprint density at radius 2 is 2.12 bits per heavy atom. The van der Waals surface area contributed by atoms with Gasteiger partial charge in [-0.2, -0.15) is 0 Å². The Hall–Kier alpha value is -2.53. The van der Waals surface area contributed by atoms with E-state index in [0.717, 1.165) is 6.07 Å². The van der Waals surface area contributed by atoms with Crippen molar-refractivity contribution in [2.24, 2.45) is 5.73 Å². The van der Waals surface area contributed by atoms with E-state index in [1.165, 1.54) is 16.7 Å². The molecule has 0 unspecified atom stereocenters. The minimum absolute atomic E-state index is 0. The van der Waals surface area contributed by atoms with Crippen LogP contribution in [0.25, 0.3) is 11.1 Å². The van der Waals surface area contributed by atoms with E-state index < -0.39 is 35.6 Å². The minimum atomic E-state index is -3.16. The molecule has 12 heteroatoms. The lowest BCUT2D eigenvalue weighted by molar-refractivity contribution is -0.384. The standard InChI is InChI=1S/C14H16F2N4O5.ClH/c15-14(16,7-17)8-18-12(21)2-1-5-19-10-4-3-9(20(23)24)6-11(10)25-13(19)22;/h3-4,6H,1-2,5,7-8,17H2,(H,18,21);1H. The average molecular weight is 395 g/mol. The summed E-state index contributed by atoms with van der Waals surface area (Å²) in [6, 6.07) is 3.74. The van der Waals surface area contributed by atoms with Gasteiger partial charge < -0.3 is 15.5 Å². The number of aromatic nitrogens is 1. The van der Waals surface area contributed by atoms with Gasteiger partial charge in [-0.15, -0.1) is 12.4 Å². The van der Waals surface area contributed by atoms with E-state index in [-0.39, 0.29) is 43.1 Å². The summed E-state index contributed by atoms with van der Waals surface area (Å²) < 4.78 is 32.0. The van der Waals surface area contributed by atoms with Gasteiger partial charge in [-0.1, -0.05) is 0 Å². The van der Waals surface area contributed by atoms with E-state index in [1.54, 1.807) is 0 Å². The van der Waals surface area contributed by atoms with Gasteiger partial charge in [0.25, 0.3) is 11.6 Å². The highest BCUT2D eigenvalue weighted by molar-refractivity contribution is 5.85. The van der Waals surface area contributed by atoms with Gasteiger partial charge in [-0.05, 0) is 12.5 Å². The SMILES string of the molecule is Cl.NCC(F)(F)CNC(=O)CCCn1c(=O)oc2cc([N+](=O)[O-])ccc21. The first-order chi connectivity index (χ1) is 11.7. The number of nitro benzene ring substituents is 1. The number of nitrogens with one attached hydrogen (secondary N) is 1. The van der Waals surface area contributed by atoms with Crippen molar-refractivity contribution < 1.29 is 22.9 Å². The fourth-order valence-electron chi connectivity index (χ4n) is 2.17. The summed E-state index contributed by atoms with van der Waals surface area (Å²) in [5.41, 5.74) is 5.06. The Balaban J connectivity index is 0.00000338. The van der Waals surface area contributed by atoms with Gasteiger partial charge in [0.2, 0.25) is 5.91 Å². The molecule has 0 radical (unpaired) electrons. The van der Waals surface area contributed by atoms with Crippen molar-refractivity contribution in [3.63, 3.8) is 0 Å². The van der Waals surface area contributed by atoms with Crippen molar-refractivity contribution in [2.45, 2.75) is 25.3 Å². The number of rotatable bonds is 8. The normalized spacial score (nSPS) is 11.2. The number of benzene rings is 1. The number of alkyl halides is 2. The first-order valence-electron chi connectivity index (χ1n) is 7.36. The average Bonchev–Trinajstić information content (AvgIpc) is 2.88. The zero-order valence-electron chi connectivity index (χ0n) is 13.4. The number of non-ortho nitro benzene ring substituents is 1. The molecule has 0 atom stereocenters.